The maximum absolute atomic E-state index is 3.72. The van der Waals surface area contributed by atoms with E-state index in [1.807, 2.05) is 0 Å². The van der Waals surface area contributed by atoms with Gasteiger partial charge in [-0.3, -0.25) is 0 Å². The van der Waals surface area contributed by atoms with Crippen molar-refractivity contribution in [1.29, 1.82) is 0 Å². The molecule has 0 saturated carbocycles. The van der Waals surface area contributed by atoms with Crippen molar-refractivity contribution in [1.82, 2.24) is 0 Å². The number of nitrogens with zero attached hydrogens (tertiary/aromatic N) is 1. The fourth-order valence-corrected chi connectivity index (χ4v) is 3.35. The zero-order valence-corrected chi connectivity index (χ0v) is 12.4. The van der Waals surface area contributed by atoms with Crippen LogP contribution < -0.4 is 4.90 Å². The summed E-state index contributed by atoms with van der Waals surface area (Å²) in [5.41, 5.74) is 2.61. The van der Waals surface area contributed by atoms with Crippen LogP contribution in [-0.2, 0) is 5.41 Å². The van der Waals surface area contributed by atoms with Gasteiger partial charge in [-0.1, -0.05) is 55.5 Å². The predicted octanol–water partition coefficient (Wildman–Crippen LogP) is 4.67. The van der Waals surface area contributed by atoms with Crippen molar-refractivity contribution in [2.45, 2.75) is 38.1 Å². The van der Waals surface area contributed by atoms with Crippen molar-refractivity contribution >= 4 is 5.69 Å². The maximum atomic E-state index is 3.72. The molecule has 2 aromatic carbocycles. The van der Waals surface area contributed by atoms with Crippen LogP contribution in [0, 0.1) is 6.54 Å². The van der Waals surface area contributed by atoms with E-state index >= 15 is 0 Å². The Hall–Kier alpha value is -1.76. The van der Waals surface area contributed by atoms with E-state index in [1.165, 1.54) is 11.3 Å². The summed E-state index contributed by atoms with van der Waals surface area (Å²) < 4.78 is 0. The molecule has 0 bridgehead atoms. The van der Waals surface area contributed by atoms with Gasteiger partial charge in [0.2, 0.25) is 0 Å². The van der Waals surface area contributed by atoms with E-state index in [-0.39, 0.29) is 11.0 Å². The first kappa shape index (κ1) is 13.2. The second kappa shape index (κ2) is 4.66. The minimum absolute atomic E-state index is 0.0272. The van der Waals surface area contributed by atoms with Gasteiger partial charge in [-0.25, -0.2) is 0 Å². The standard InChI is InChI=1S/C19H21N/c1-18(2)14-19(3,16-10-6-4-7-11-16)15-20(18)17-12-8-5-9-13-17/h4-13H,14H2,1-3H3. The normalized spacial score (nSPS) is 24.9. The molecule has 0 amide bonds. The van der Waals surface area contributed by atoms with Crippen LogP contribution in [0.15, 0.2) is 60.7 Å². The average molecular weight is 263 g/mol. The SMILES string of the molecule is CC1(c2ccccc2)[C]N(c2ccccc2)C(C)(C)C1. The van der Waals surface area contributed by atoms with E-state index < -0.39 is 0 Å². The van der Waals surface area contributed by atoms with Crippen LogP contribution in [0.4, 0.5) is 5.69 Å². The van der Waals surface area contributed by atoms with Crippen molar-refractivity contribution in [2.75, 3.05) is 4.90 Å². The summed E-state index contributed by atoms with van der Waals surface area (Å²) in [6.45, 7) is 10.6. The molecule has 2 radical (unpaired) electrons. The number of hydrogen-bond acceptors (Lipinski definition) is 1. The Morgan fingerprint density at radius 3 is 2.00 bits per heavy atom. The van der Waals surface area contributed by atoms with Crippen LogP contribution >= 0.6 is 0 Å². The first-order valence-corrected chi connectivity index (χ1v) is 7.20. The number of hydrogen-bond donors (Lipinski definition) is 0. The zero-order chi connectivity index (χ0) is 14.2. The van der Waals surface area contributed by atoms with Crippen molar-refractivity contribution in [3.8, 4) is 0 Å². The first-order valence-electron chi connectivity index (χ1n) is 7.20. The topological polar surface area (TPSA) is 3.24 Å². The molecule has 3 rings (SSSR count). The molecule has 1 heterocycles. The second-order valence-electron chi connectivity index (χ2n) is 6.47. The van der Waals surface area contributed by atoms with Crippen LogP contribution in [-0.4, -0.2) is 5.54 Å². The molecule has 1 aliphatic heterocycles. The Morgan fingerprint density at radius 2 is 1.40 bits per heavy atom. The number of benzene rings is 2. The zero-order valence-electron chi connectivity index (χ0n) is 12.4. The lowest BCUT2D eigenvalue weighted by Gasteiger charge is -2.32. The van der Waals surface area contributed by atoms with Crippen LogP contribution in [0.5, 0.6) is 0 Å². The lowest BCUT2D eigenvalue weighted by Crippen LogP contribution is -2.36. The molecule has 20 heavy (non-hydrogen) atoms. The fraction of sp³-hybridized carbons (Fsp3) is 0.316. The molecular weight excluding hydrogens is 242 g/mol. The monoisotopic (exact) mass is 263 g/mol. The molecule has 1 saturated heterocycles. The van der Waals surface area contributed by atoms with E-state index in [1.54, 1.807) is 0 Å². The number of para-hydroxylation sites is 1. The highest BCUT2D eigenvalue weighted by molar-refractivity contribution is 5.55. The van der Waals surface area contributed by atoms with Gasteiger partial charge in [0.15, 0.2) is 0 Å². The predicted molar refractivity (Wildman–Crippen MR) is 84.7 cm³/mol. The van der Waals surface area contributed by atoms with E-state index in [4.69, 9.17) is 0 Å². The summed E-state index contributed by atoms with van der Waals surface area (Å²) in [7, 11) is 0. The third-order valence-electron chi connectivity index (χ3n) is 4.18. The molecule has 2 aromatic rings. The van der Waals surface area contributed by atoms with Crippen molar-refractivity contribution < 1.29 is 0 Å². The first-order chi connectivity index (χ1) is 9.51. The molecule has 1 nitrogen and oxygen atoms in total. The molecule has 1 aliphatic rings. The Balaban J connectivity index is 1.97. The summed E-state index contributed by atoms with van der Waals surface area (Å²) in [6.07, 6.45) is 1.07. The molecular formula is C19H21N. The van der Waals surface area contributed by atoms with Crippen LogP contribution in [0.1, 0.15) is 32.8 Å². The number of rotatable bonds is 2. The van der Waals surface area contributed by atoms with Crippen LogP contribution in [0.3, 0.4) is 0 Å². The van der Waals surface area contributed by atoms with Gasteiger partial charge in [-0.05, 0) is 38.0 Å². The Bertz CT molecular complexity index is 573. The average Bonchev–Trinajstić information content (AvgIpc) is 2.72. The Labute approximate surface area is 122 Å². The quantitative estimate of drug-likeness (QED) is 0.761. The van der Waals surface area contributed by atoms with Crippen molar-refractivity contribution in [2.24, 2.45) is 0 Å². The molecule has 102 valence electrons. The van der Waals surface area contributed by atoms with Gasteiger partial charge in [0.25, 0.3) is 0 Å². The highest BCUT2D eigenvalue weighted by atomic mass is 15.2. The molecule has 1 atom stereocenters. The molecule has 0 aromatic heterocycles. The summed E-state index contributed by atoms with van der Waals surface area (Å²) >= 11 is 0. The molecule has 0 aliphatic carbocycles. The van der Waals surface area contributed by atoms with Crippen LogP contribution in [0.2, 0.25) is 0 Å². The van der Waals surface area contributed by atoms with E-state index in [0.717, 1.165) is 6.42 Å². The van der Waals surface area contributed by atoms with Gasteiger partial charge in [0, 0.05) is 16.6 Å². The number of anilines is 1. The minimum atomic E-state index is -0.0272. The Kier molecular flexibility index (Phi) is 3.08. The lowest BCUT2D eigenvalue weighted by atomic mass is 9.78. The molecule has 1 fully saturated rings. The highest BCUT2D eigenvalue weighted by Gasteiger charge is 2.47. The van der Waals surface area contributed by atoms with E-state index in [9.17, 15) is 0 Å². The molecule has 0 N–H and O–H groups in total. The molecule has 1 unspecified atom stereocenters. The maximum Gasteiger partial charge on any atom is 0.103 e. The van der Waals surface area contributed by atoms with Crippen molar-refractivity contribution in [3.63, 3.8) is 0 Å². The third-order valence-corrected chi connectivity index (χ3v) is 4.18. The summed E-state index contributed by atoms with van der Waals surface area (Å²) in [5, 5.41) is 0. The van der Waals surface area contributed by atoms with Gasteiger partial charge in [0.1, 0.15) is 6.54 Å². The van der Waals surface area contributed by atoms with Gasteiger partial charge < -0.3 is 4.90 Å². The third kappa shape index (κ3) is 2.22. The summed E-state index contributed by atoms with van der Waals surface area (Å²) in [6, 6.07) is 21.3. The van der Waals surface area contributed by atoms with Crippen molar-refractivity contribution in [3.05, 3.63) is 72.8 Å². The van der Waals surface area contributed by atoms with Gasteiger partial charge in [-0.2, -0.15) is 0 Å². The smallest absolute Gasteiger partial charge is 0.103 e. The molecule has 0 spiro atoms. The van der Waals surface area contributed by atoms with E-state index in [2.05, 4.69) is 92.9 Å². The van der Waals surface area contributed by atoms with Crippen LogP contribution in [0.25, 0.3) is 0 Å². The van der Waals surface area contributed by atoms with Gasteiger partial charge >= 0.3 is 0 Å². The second-order valence-corrected chi connectivity index (χ2v) is 6.47. The van der Waals surface area contributed by atoms with Gasteiger partial charge in [-0.15, -0.1) is 0 Å². The lowest BCUT2D eigenvalue weighted by molar-refractivity contribution is 0.450. The fourth-order valence-electron chi connectivity index (χ4n) is 3.35. The summed E-state index contributed by atoms with van der Waals surface area (Å²) in [4.78, 5) is 2.31. The molecule has 1 heteroatoms. The van der Waals surface area contributed by atoms with Gasteiger partial charge in [0.05, 0.1) is 0 Å². The minimum Gasteiger partial charge on any atom is -0.355 e. The largest absolute Gasteiger partial charge is 0.355 e. The summed E-state index contributed by atoms with van der Waals surface area (Å²) in [5.74, 6) is 0. The van der Waals surface area contributed by atoms with E-state index in [0.29, 0.717) is 0 Å². The highest BCUT2D eigenvalue weighted by Crippen LogP contribution is 2.48. The Morgan fingerprint density at radius 1 is 0.850 bits per heavy atom.